The summed E-state index contributed by atoms with van der Waals surface area (Å²) in [7, 11) is 0. The summed E-state index contributed by atoms with van der Waals surface area (Å²) in [5.74, 6) is 0.976. The van der Waals surface area contributed by atoms with Crippen molar-refractivity contribution in [2.24, 2.45) is 0 Å². The highest BCUT2D eigenvalue weighted by molar-refractivity contribution is 5.26. The van der Waals surface area contributed by atoms with Crippen molar-refractivity contribution in [2.75, 3.05) is 39.3 Å². The summed E-state index contributed by atoms with van der Waals surface area (Å²) in [6.45, 7) is 11.9. The van der Waals surface area contributed by atoms with Gasteiger partial charge in [0.2, 0.25) is 5.82 Å². The molecule has 3 heterocycles. The van der Waals surface area contributed by atoms with E-state index in [0.717, 1.165) is 44.9 Å². The second kappa shape index (κ2) is 8.46. The van der Waals surface area contributed by atoms with E-state index < -0.39 is 0 Å². The lowest BCUT2D eigenvalue weighted by Crippen LogP contribution is -3.28. The minimum Gasteiger partial charge on any atom is -0.376 e. The van der Waals surface area contributed by atoms with Gasteiger partial charge in [-0.15, -0.1) is 5.10 Å². The van der Waals surface area contributed by atoms with E-state index in [4.69, 9.17) is 4.74 Å². The second-order valence-electron chi connectivity index (χ2n) is 7.96. The summed E-state index contributed by atoms with van der Waals surface area (Å²) in [6, 6.07) is 9.07. The summed E-state index contributed by atoms with van der Waals surface area (Å²) in [4.78, 5) is 3.26. The van der Waals surface area contributed by atoms with Gasteiger partial charge in [-0.3, -0.25) is 0 Å². The van der Waals surface area contributed by atoms with Crippen molar-refractivity contribution in [1.82, 2.24) is 20.2 Å². The van der Waals surface area contributed by atoms with E-state index in [9.17, 15) is 0 Å². The molecule has 146 valence electrons. The van der Waals surface area contributed by atoms with Crippen molar-refractivity contribution >= 4 is 0 Å². The molecule has 2 fully saturated rings. The topological polar surface area (TPSA) is 61.7 Å². The number of rotatable bonds is 6. The predicted molar refractivity (Wildman–Crippen MR) is 102 cm³/mol. The molecule has 0 amide bonds. The lowest BCUT2D eigenvalue weighted by atomic mass is 10.0. The van der Waals surface area contributed by atoms with Crippen LogP contribution in [-0.4, -0.2) is 65.6 Å². The zero-order chi connectivity index (χ0) is 18.6. The molecule has 2 aromatic rings. The van der Waals surface area contributed by atoms with E-state index in [1.165, 1.54) is 30.8 Å². The van der Waals surface area contributed by atoms with Crippen LogP contribution in [0.2, 0.25) is 0 Å². The Morgan fingerprint density at radius 1 is 1.19 bits per heavy atom. The molecular formula is C20H32N6O+2. The number of ether oxygens (including phenoxy) is 1. The number of hydrogen-bond donors (Lipinski definition) is 2. The quantitative estimate of drug-likeness (QED) is 0.687. The van der Waals surface area contributed by atoms with Crippen LogP contribution in [0.4, 0.5) is 0 Å². The Balaban J connectivity index is 1.62. The van der Waals surface area contributed by atoms with E-state index in [1.807, 2.05) is 4.68 Å². The molecule has 1 aromatic heterocycles. The zero-order valence-corrected chi connectivity index (χ0v) is 16.5. The molecule has 27 heavy (non-hydrogen) atoms. The molecule has 2 saturated heterocycles. The average molecular weight is 373 g/mol. The summed E-state index contributed by atoms with van der Waals surface area (Å²) in [5.41, 5.74) is 2.59. The van der Waals surface area contributed by atoms with Gasteiger partial charge in [-0.25, -0.2) is 4.68 Å². The smallest absolute Gasteiger partial charge is 0.214 e. The van der Waals surface area contributed by atoms with Gasteiger partial charge in [0, 0.05) is 12.2 Å². The molecule has 0 unspecified atom stereocenters. The van der Waals surface area contributed by atoms with E-state index >= 15 is 0 Å². The summed E-state index contributed by atoms with van der Waals surface area (Å²) >= 11 is 0. The van der Waals surface area contributed by atoms with Crippen molar-refractivity contribution in [3.05, 3.63) is 41.2 Å². The SMILES string of the molecule is CC[NH+]1CC[NH+]([C@@H](c2ccc(C)cc2)c2nnnn2C[C@@H]2CCCO2)CC1. The third kappa shape index (κ3) is 4.20. The van der Waals surface area contributed by atoms with Crippen LogP contribution in [0, 0.1) is 6.92 Å². The minimum absolute atomic E-state index is 0.181. The maximum Gasteiger partial charge on any atom is 0.214 e. The Kier molecular flexibility index (Phi) is 5.80. The normalized spacial score (nSPS) is 27.0. The van der Waals surface area contributed by atoms with Crippen LogP contribution in [0.3, 0.4) is 0 Å². The van der Waals surface area contributed by atoms with Gasteiger partial charge in [0.15, 0.2) is 6.04 Å². The predicted octanol–water partition coefficient (Wildman–Crippen LogP) is -0.947. The first-order valence-corrected chi connectivity index (χ1v) is 10.4. The van der Waals surface area contributed by atoms with Crippen LogP contribution >= 0.6 is 0 Å². The molecule has 2 aliphatic rings. The van der Waals surface area contributed by atoms with Gasteiger partial charge in [0.1, 0.15) is 26.2 Å². The molecule has 2 atom stereocenters. The van der Waals surface area contributed by atoms with Gasteiger partial charge in [0.05, 0.1) is 19.2 Å². The van der Waals surface area contributed by atoms with E-state index in [2.05, 4.69) is 53.6 Å². The van der Waals surface area contributed by atoms with Gasteiger partial charge in [0.25, 0.3) is 0 Å². The molecule has 1 aromatic carbocycles. The van der Waals surface area contributed by atoms with Crippen molar-refractivity contribution in [2.45, 2.75) is 45.4 Å². The number of quaternary nitrogens is 2. The molecule has 0 bridgehead atoms. The number of piperazine rings is 1. The number of benzene rings is 1. The van der Waals surface area contributed by atoms with E-state index in [0.29, 0.717) is 0 Å². The van der Waals surface area contributed by atoms with Gasteiger partial charge in [-0.05, 0) is 37.1 Å². The lowest BCUT2D eigenvalue weighted by Gasteiger charge is -2.34. The van der Waals surface area contributed by atoms with Gasteiger partial charge >= 0.3 is 0 Å². The average Bonchev–Trinajstić information content (AvgIpc) is 3.37. The summed E-state index contributed by atoms with van der Waals surface area (Å²) < 4.78 is 7.82. The van der Waals surface area contributed by atoms with Gasteiger partial charge in [-0.1, -0.05) is 29.8 Å². The van der Waals surface area contributed by atoms with Crippen LogP contribution in [0.1, 0.15) is 42.8 Å². The zero-order valence-electron chi connectivity index (χ0n) is 16.5. The van der Waals surface area contributed by atoms with Crippen LogP contribution in [0.25, 0.3) is 0 Å². The first-order valence-electron chi connectivity index (χ1n) is 10.4. The molecule has 4 rings (SSSR count). The van der Waals surface area contributed by atoms with Crippen LogP contribution < -0.4 is 9.80 Å². The largest absolute Gasteiger partial charge is 0.376 e. The maximum atomic E-state index is 5.83. The number of aryl methyl sites for hydroxylation is 1. The highest BCUT2D eigenvalue weighted by Crippen LogP contribution is 2.20. The fourth-order valence-electron chi connectivity index (χ4n) is 4.42. The monoisotopic (exact) mass is 372 g/mol. The standard InChI is InChI=1S/C20H30N6O/c1-3-24-10-12-25(13-11-24)19(17-8-6-16(2)7-9-17)20-21-22-23-26(20)15-18-5-4-14-27-18/h6-9,18-19H,3-5,10-15H2,1-2H3/p+2/t18-,19-/m0/s1. The Hall–Kier alpha value is -1.83. The molecular weight excluding hydrogens is 340 g/mol. The number of nitrogens with zero attached hydrogens (tertiary/aromatic N) is 4. The number of likely N-dealkylation sites (N-methyl/N-ethyl adjacent to an activating group) is 1. The molecule has 0 aliphatic carbocycles. The Morgan fingerprint density at radius 2 is 1.96 bits per heavy atom. The number of hydrogen-bond acceptors (Lipinski definition) is 4. The molecule has 2 N–H and O–H groups in total. The summed E-state index contributed by atoms with van der Waals surface area (Å²) in [5, 5.41) is 12.9. The molecule has 7 nitrogen and oxygen atoms in total. The Morgan fingerprint density at radius 3 is 2.63 bits per heavy atom. The number of aromatic nitrogens is 4. The lowest BCUT2D eigenvalue weighted by molar-refractivity contribution is -1.02. The Bertz CT molecular complexity index is 716. The van der Waals surface area contributed by atoms with Crippen molar-refractivity contribution in [1.29, 1.82) is 0 Å². The first-order chi connectivity index (χ1) is 13.2. The maximum absolute atomic E-state index is 5.83. The third-order valence-corrected chi connectivity index (χ3v) is 6.14. The third-order valence-electron chi connectivity index (χ3n) is 6.14. The van der Waals surface area contributed by atoms with Crippen LogP contribution in [0.5, 0.6) is 0 Å². The first kappa shape index (κ1) is 18.5. The van der Waals surface area contributed by atoms with Crippen molar-refractivity contribution in [3.63, 3.8) is 0 Å². The summed E-state index contributed by atoms with van der Waals surface area (Å²) in [6.07, 6.45) is 2.47. The minimum atomic E-state index is 0.181. The molecule has 2 aliphatic heterocycles. The highest BCUT2D eigenvalue weighted by Gasteiger charge is 2.35. The molecule has 0 spiro atoms. The molecule has 0 saturated carbocycles. The van der Waals surface area contributed by atoms with Crippen LogP contribution in [-0.2, 0) is 11.3 Å². The fourth-order valence-corrected chi connectivity index (χ4v) is 4.42. The number of nitrogens with one attached hydrogen (secondary N) is 2. The molecule has 0 radical (unpaired) electrons. The van der Waals surface area contributed by atoms with Crippen molar-refractivity contribution < 1.29 is 14.5 Å². The highest BCUT2D eigenvalue weighted by atomic mass is 16.5. The Labute approximate surface area is 161 Å². The van der Waals surface area contributed by atoms with Gasteiger partial charge in [-0.2, -0.15) is 0 Å². The van der Waals surface area contributed by atoms with Gasteiger partial charge < -0.3 is 14.5 Å². The second-order valence-corrected chi connectivity index (χ2v) is 7.96. The van der Waals surface area contributed by atoms with E-state index in [1.54, 1.807) is 9.80 Å². The van der Waals surface area contributed by atoms with E-state index in [-0.39, 0.29) is 12.1 Å². The fraction of sp³-hybridized carbons (Fsp3) is 0.650. The van der Waals surface area contributed by atoms with Crippen LogP contribution in [0.15, 0.2) is 24.3 Å². The van der Waals surface area contributed by atoms with Crippen molar-refractivity contribution in [3.8, 4) is 0 Å². The number of tetrazole rings is 1. The molecule has 7 heteroatoms.